The van der Waals surface area contributed by atoms with E-state index in [1.165, 1.54) is 0 Å². The van der Waals surface area contributed by atoms with E-state index in [1.807, 2.05) is 42.5 Å². The number of hydrogen-bond donors (Lipinski definition) is 1. The number of benzene rings is 2. The maximum atomic E-state index is 5.50. The summed E-state index contributed by atoms with van der Waals surface area (Å²) in [7, 11) is 6.39. The molecule has 3 aromatic rings. The third-order valence-electron chi connectivity index (χ3n) is 4.74. The molecule has 0 saturated carbocycles. The van der Waals surface area contributed by atoms with Crippen LogP contribution in [0.5, 0.6) is 23.0 Å². The molecule has 29 heavy (non-hydrogen) atoms. The summed E-state index contributed by atoms with van der Waals surface area (Å²) in [5.74, 6) is 2.95. The van der Waals surface area contributed by atoms with Crippen molar-refractivity contribution in [2.45, 2.75) is 6.04 Å². The molecule has 2 aromatic carbocycles. The molecule has 1 aliphatic heterocycles. The molecule has 0 fully saturated rings. The minimum atomic E-state index is -0.281. The summed E-state index contributed by atoms with van der Waals surface area (Å²) in [6.07, 6.45) is 2.04. The van der Waals surface area contributed by atoms with Crippen molar-refractivity contribution in [3.05, 3.63) is 53.6 Å². The second-order valence-corrected chi connectivity index (χ2v) is 6.29. The van der Waals surface area contributed by atoms with Crippen molar-refractivity contribution in [2.75, 3.05) is 33.8 Å². The number of nitrogens with zero attached hydrogens (tertiary/aromatic N) is 4. The Bertz CT molecular complexity index is 1040. The van der Waals surface area contributed by atoms with Crippen LogP contribution in [0.25, 0.3) is 5.70 Å². The van der Waals surface area contributed by atoms with Crippen LogP contribution in [-0.2, 0) is 0 Å². The molecule has 9 heteroatoms. The molecule has 0 saturated heterocycles. The number of methoxy groups -OCH3 is 4. The minimum Gasteiger partial charge on any atom is -0.497 e. The predicted molar refractivity (Wildman–Crippen MR) is 107 cm³/mol. The van der Waals surface area contributed by atoms with Gasteiger partial charge in [0.25, 0.3) is 0 Å². The first-order chi connectivity index (χ1) is 14.2. The fourth-order valence-corrected chi connectivity index (χ4v) is 3.32. The minimum absolute atomic E-state index is 0.281. The van der Waals surface area contributed by atoms with Gasteiger partial charge in [0, 0.05) is 11.3 Å². The molecule has 1 unspecified atom stereocenters. The van der Waals surface area contributed by atoms with Crippen LogP contribution in [0.15, 0.2) is 42.5 Å². The van der Waals surface area contributed by atoms with Crippen LogP contribution in [0.2, 0.25) is 0 Å². The van der Waals surface area contributed by atoms with Gasteiger partial charge in [-0.1, -0.05) is 17.2 Å². The fourth-order valence-electron chi connectivity index (χ4n) is 3.32. The first-order valence-corrected chi connectivity index (χ1v) is 8.89. The van der Waals surface area contributed by atoms with E-state index in [2.05, 4.69) is 20.8 Å². The highest BCUT2D eigenvalue weighted by atomic mass is 16.5. The monoisotopic (exact) mass is 395 g/mol. The zero-order valence-electron chi connectivity index (χ0n) is 16.5. The third-order valence-corrected chi connectivity index (χ3v) is 4.74. The van der Waals surface area contributed by atoms with Gasteiger partial charge in [-0.3, -0.25) is 0 Å². The van der Waals surface area contributed by atoms with Gasteiger partial charge in [-0.15, -0.1) is 0 Å². The standard InChI is InChI=1S/C20H21N5O4/c1-26-14-7-5-6-12(8-14)15-11-16(25-20(21-15)22-23-24-25)13-9-17(27-2)19(29-4)18(10-13)28-3/h5-11,16H,1-4H3,(H,21,22,24). The Kier molecular flexibility index (Phi) is 4.94. The number of fused-ring (bicyclic) bond motifs is 1. The van der Waals surface area contributed by atoms with Crippen molar-refractivity contribution >= 4 is 11.6 Å². The van der Waals surface area contributed by atoms with Crippen molar-refractivity contribution < 1.29 is 18.9 Å². The molecule has 0 spiro atoms. The van der Waals surface area contributed by atoms with Crippen LogP contribution in [0, 0.1) is 0 Å². The Labute approximate surface area is 167 Å². The lowest BCUT2D eigenvalue weighted by atomic mass is 10.0. The Morgan fingerprint density at radius 3 is 2.34 bits per heavy atom. The maximum absolute atomic E-state index is 5.50. The molecule has 4 rings (SSSR count). The van der Waals surface area contributed by atoms with Crippen LogP contribution in [0.3, 0.4) is 0 Å². The molecule has 1 N–H and O–H groups in total. The van der Waals surface area contributed by atoms with E-state index < -0.39 is 0 Å². The second-order valence-electron chi connectivity index (χ2n) is 6.29. The number of rotatable bonds is 6. The first kappa shape index (κ1) is 18.6. The number of tetrazole rings is 1. The summed E-state index contributed by atoms with van der Waals surface area (Å²) in [5.41, 5.74) is 2.70. The van der Waals surface area contributed by atoms with Crippen LogP contribution in [-0.4, -0.2) is 48.6 Å². The molecule has 0 aliphatic carbocycles. The molecule has 1 aliphatic rings. The largest absolute Gasteiger partial charge is 0.497 e. The molecule has 150 valence electrons. The summed E-state index contributed by atoms with van der Waals surface area (Å²) < 4.78 is 23.5. The maximum Gasteiger partial charge on any atom is 0.248 e. The molecule has 0 bridgehead atoms. The number of nitrogens with one attached hydrogen (secondary N) is 1. The Balaban J connectivity index is 1.84. The van der Waals surface area contributed by atoms with E-state index >= 15 is 0 Å². The lowest BCUT2D eigenvalue weighted by molar-refractivity contribution is 0.323. The summed E-state index contributed by atoms with van der Waals surface area (Å²) >= 11 is 0. The van der Waals surface area contributed by atoms with Gasteiger partial charge in [0.1, 0.15) is 11.8 Å². The van der Waals surface area contributed by atoms with Gasteiger partial charge >= 0.3 is 0 Å². The zero-order valence-corrected chi connectivity index (χ0v) is 16.5. The Hall–Kier alpha value is -3.75. The normalized spacial score (nSPS) is 15.0. The molecule has 1 aromatic heterocycles. The fraction of sp³-hybridized carbons (Fsp3) is 0.250. The van der Waals surface area contributed by atoms with Crippen molar-refractivity contribution in [3.8, 4) is 23.0 Å². The van der Waals surface area contributed by atoms with Gasteiger partial charge in [-0.2, -0.15) is 4.68 Å². The van der Waals surface area contributed by atoms with Crippen LogP contribution < -0.4 is 24.3 Å². The number of hydrogen-bond acceptors (Lipinski definition) is 8. The van der Waals surface area contributed by atoms with E-state index in [0.29, 0.717) is 23.2 Å². The van der Waals surface area contributed by atoms with E-state index in [9.17, 15) is 0 Å². The second kappa shape index (κ2) is 7.70. The molecule has 1 atom stereocenters. The highest BCUT2D eigenvalue weighted by Gasteiger charge is 2.27. The van der Waals surface area contributed by atoms with E-state index in [1.54, 1.807) is 33.1 Å². The molecule has 2 heterocycles. The summed E-state index contributed by atoms with van der Waals surface area (Å²) in [4.78, 5) is 0. The van der Waals surface area contributed by atoms with Crippen molar-refractivity contribution in [3.63, 3.8) is 0 Å². The van der Waals surface area contributed by atoms with E-state index in [4.69, 9.17) is 18.9 Å². The van der Waals surface area contributed by atoms with Crippen molar-refractivity contribution in [1.29, 1.82) is 0 Å². The van der Waals surface area contributed by atoms with Crippen molar-refractivity contribution in [1.82, 2.24) is 20.2 Å². The highest BCUT2D eigenvalue weighted by molar-refractivity contribution is 5.77. The van der Waals surface area contributed by atoms with E-state index in [0.717, 1.165) is 22.6 Å². The quantitative estimate of drug-likeness (QED) is 0.681. The van der Waals surface area contributed by atoms with Gasteiger partial charge in [0.15, 0.2) is 11.5 Å². The number of anilines is 1. The average molecular weight is 395 g/mol. The SMILES string of the molecule is COc1cccc(C2=CC(c3cc(OC)c(OC)c(OC)c3)n3nnnc3N2)c1. The number of allylic oxidation sites excluding steroid dienone is 1. The van der Waals surface area contributed by atoms with Crippen LogP contribution >= 0.6 is 0 Å². The van der Waals surface area contributed by atoms with Crippen LogP contribution in [0.1, 0.15) is 17.2 Å². The smallest absolute Gasteiger partial charge is 0.248 e. The van der Waals surface area contributed by atoms with Gasteiger partial charge < -0.3 is 24.3 Å². The lowest BCUT2D eigenvalue weighted by Gasteiger charge is -2.25. The first-order valence-electron chi connectivity index (χ1n) is 8.89. The lowest BCUT2D eigenvalue weighted by Crippen LogP contribution is -2.20. The zero-order chi connectivity index (χ0) is 20.4. The third kappa shape index (κ3) is 3.31. The summed E-state index contributed by atoms with van der Waals surface area (Å²) in [6, 6.07) is 11.3. The van der Waals surface area contributed by atoms with Gasteiger partial charge in [-0.05, 0) is 46.3 Å². The molecule has 0 amide bonds. The molecule has 9 nitrogen and oxygen atoms in total. The summed E-state index contributed by atoms with van der Waals surface area (Å²) in [6.45, 7) is 0. The van der Waals surface area contributed by atoms with Gasteiger partial charge in [0.05, 0.1) is 28.4 Å². The van der Waals surface area contributed by atoms with Crippen LogP contribution in [0.4, 0.5) is 5.95 Å². The predicted octanol–water partition coefficient (Wildman–Crippen LogP) is 2.76. The molecule has 0 radical (unpaired) electrons. The summed E-state index contributed by atoms with van der Waals surface area (Å²) in [5, 5.41) is 15.3. The molecular formula is C20H21N5O4. The molecular weight excluding hydrogens is 374 g/mol. The highest BCUT2D eigenvalue weighted by Crippen LogP contribution is 2.42. The van der Waals surface area contributed by atoms with Crippen molar-refractivity contribution in [2.24, 2.45) is 0 Å². The Morgan fingerprint density at radius 1 is 0.931 bits per heavy atom. The number of ether oxygens (including phenoxy) is 4. The van der Waals surface area contributed by atoms with E-state index in [-0.39, 0.29) is 6.04 Å². The van der Waals surface area contributed by atoms with Gasteiger partial charge in [-0.25, -0.2) is 0 Å². The Morgan fingerprint density at radius 2 is 1.69 bits per heavy atom. The van der Waals surface area contributed by atoms with Gasteiger partial charge in [0.2, 0.25) is 11.7 Å². The average Bonchev–Trinajstić information content (AvgIpc) is 3.26. The number of aromatic nitrogens is 4. The topological polar surface area (TPSA) is 92.5 Å².